The normalized spacial score (nSPS) is 14.4. The van der Waals surface area contributed by atoms with Gasteiger partial charge in [0.05, 0.1) is 11.4 Å². The van der Waals surface area contributed by atoms with E-state index in [4.69, 9.17) is 11.6 Å². The minimum Gasteiger partial charge on any atom is -0.311 e. The molecule has 2 aromatic carbocycles. The summed E-state index contributed by atoms with van der Waals surface area (Å²) >= 11 is 5.81. The van der Waals surface area contributed by atoms with Gasteiger partial charge in [0, 0.05) is 24.3 Å². The summed E-state index contributed by atoms with van der Waals surface area (Å²) in [4.78, 5) is 14.5. The van der Waals surface area contributed by atoms with Gasteiger partial charge in [-0.05, 0) is 48.7 Å². The van der Waals surface area contributed by atoms with Crippen molar-refractivity contribution in [1.29, 1.82) is 0 Å². The topological polar surface area (TPSA) is 57.7 Å². The highest BCUT2D eigenvalue weighted by atomic mass is 35.5. The van der Waals surface area contributed by atoms with Crippen LogP contribution in [0.2, 0.25) is 5.02 Å². The molecule has 0 spiro atoms. The van der Waals surface area contributed by atoms with E-state index in [9.17, 15) is 13.2 Å². The molecule has 0 aromatic heterocycles. The number of benzene rings is 2. The van der Waals surface area contributed by atoms with Gasteiger partial charge in [-0.3, -0.25) is 4.79 Å². The zero-order chi connectivity index (χ0) is 18.0. The van der Waals surface area contributed by atoms with Crippen molar-refractivity contribution in [3.05, 3.63) is 59.1 Å². The highest BCUT2D eigenvalue weighted by Gasteiger charge is 2.27. The first kappa shape index (κ1) is 17.9. The number of aryl methyl sites for hydroxylation is 1. The van der Waals surface area contributed by atoms with Crippen LogP contribution in [-0.4, -0.2) is 38.8 Å². The van der Waals surface area contributed by atoms with Gasteiger partial charge in [0.25, 0.3) is 0 Å². The third kappa shape index (κ3) is 3.71. The summed E-state index contributed by atoms with van der Waals surface area (Å²) in [5, 5.41) is 0.461. The van der Waals surface area contributed by atoms with Crippen LogP contribution in [0.5, 0.6) is 0 Å². The van der Waals surface area contributed by atoms with Crippen LogP contribution in [0.3, 0.4) is 0 Å². The number of anilines is 1. The van der Waals surface area contributed by atoms with E-state index in [2.05, 4.69) is 0 Å². The Balaban J connectivity index is 1.78. The fourth-order valence-corrected chi connectivity index (χ4v) is 4.19. The van der Waals surface area contributed by atoms with E-state index in [1.54, 1.807) is 4.90 Å². The molecular formula is C18H19ClN2O3S. The van der Waals surface area contributed by atoms with Gasteiger partial charge in [0.1, 0.15) is 0 Å². The van der Waals surface area contributed by atoms with Crippen LogP contribution in [0.1, 0.15) is 12.0 Å². The Morgan fingerprint density at radius 2 is 1.84 bits per heavy atom. The predicted octanol–water partition coefficient (Wildman–Crippen LogP) is 2.94. The maximum absolute atomic E-state index is 12.7. The fraction of sp³-hybridized carbons (Fsp3) is 0.278. The lowest BCUT2D eigenvalue weighted by molar-refractivity contribution is -0.118. The minimum atomic E-state index is -3.74. The second-order valence-electron chi connectivity index (χ2n) is 5.99. The molecule has 0 saturated carbocycles. The molecule has 0 N–H and O–H groups in total. The summed E-state index contributed by atoms with van der Waals surface area (Å²) in [7, 11) is -2.33. The molecule has 7 heteroatoms. The lowest BCUT2D eigenvalue weighted by atomic mass is 10.0. The van der Waals surface area contributed by atoms with Crippen molar-refractivity contribution in [1.82, 2.24) is 4.31 Å². The zero-order valence-corrected chi connectivity index (χ0v) is 15.4. The summed E-state index contributed by atoms with van der Waals surface area (Å²) in [6.07, 6.45) is 1.80. The number of carbonyl (C=O) groups excluding carboxylic acids is 1. The molecule has 25 heavy (non-hydrogen) atoms. The van der Waals surface area contributed by atoms with Crippen molar-refractivity contribution < 1.29 is 13.2 Å². The first-order valence-electron chi connectivity index (χ1n) is 8.00. The second kappa shape index (κ2) is 7.15. The van der Waals surface area contributed by atoms with Gasteiger partial charge in [-0.15, -0.1) is 0 Å². The minimum absolute atomic E-state index is 0.117. The molecule has 0 fully saturated rings. The van der Waals surface area contributed by atoms with Crippen LogP contribution >= 0.6 is 11.6 Å². The van der Waals surface area contributed by atoms with Crippen molar-refractivity contribution >= 4 is 33.2 Å². The standard InChI is InChI=1S/C18H19ClN2O3S/c1-20(25(23,24)16-10-8-15(19)9-11-16)13-18(22)21-12-4-6-14-5-2-3-7-17(14)21/h2-3,5,7-11H,4,6,12-13H2,1H3. The van der Waals surface area contributed by atoms with E-state index < -0.39 is 10.0 Å². The zero-order valence-electron chi connectivity index (χ0n) is 13.9. The second-order valence-corrected chi connectivity index (χ2v) is 8.47. The van der Waals surface area contributed by atoms with E-state index in [0.717, 1.165) is 28.4 Å². The average molecular weight is 379 g/mol. The van der Waals surface area contributed by atoms with Crippen LogP contribution in [0.4, 0.5) is 5.69 Å². The van der Waals surface area contributed by atoms with Gasteiger partial charge in [-0.25, -0.2) is 8.42 Å². The monoisotopic (exact) mass is 378 g/mol. The van der Waals surface area contributed by atoms with E-state index in [0.29, 0.717) is 11.6 Å². The molecule has 5 nitrogen and oxygen atoms in total. The molecule has 1 aliphatic rings. The van der Waals surface area contributed by atoms with Gasteiger partial charge in [-0.2, -0.15) is 4.31 Å². The summed E-state index contributed by atoms with van der Waals surface area (Å²) in [5.74, 6) is -0.229. The number of fused-ring (bicyclic) bond motifs is 1. The Hall–Kier alpha value is -1.89. The van der Waals surface area contributed by atoms with Gasteiger partial charge >= 0.3 is 0 Å². The quantitative estimate of drug-likeness (QED) is 0.821. The lowest BCUT2D eigenvalue weighted by Crippen LogP contribution is -2.43. The molecule has 132 valence electrons. The highest BCUT2D eigenvalue weighted by Crippen LogP contribution is 2.27. The maximum Gasteiger partial charge on any atom is 0.243 e. The molecule has 0 saturated heterocycles. The van der Waals surface area contributed by atoms with Gasteiger partial charge < -0.3 is 4.90 Å². The molecule has 0 radical (unpaired) electrons. The van der Waals surface area contributed by atoms with E-state index in [1.807, 2.05) is 24.3 Å². The van der Waals surface area contributed by atoms with Crippen LogP contribution in [0.25, 0.3) is 0 Å². The Morgan fingerprint density at radius 1 is 1.16 bits per heavy atom. The summed E-state index contributed by atoms with van der Waals surface area (Å²) in [6.45, 7) is 0.393. The predicted molar refractivity (Wildman–Crippen MR) is 98.4 cm³/mol. The first-order chi connectivity index (χ1) is 11.9. The Labute approximate surface area is 152 Å². The molecule has 2 aromatic rings. The smallest absolute Gasteiger partial charge is 0.243 e. The largest absolute Gasteiger partial charge is 0.311 e. The number of rotatable bonds is 4. The summed E-state index contributed by atoms with van der Waals surface area (Å²) < 4.78 is 26.3. The van der Waals surface area contributed by atoms with Crippen molar-refractivity contribution in [2.75, 3.05) is 25.0 Å². The van der Waals surface area contributed by atoms with E-state index >= 15 is 0 Å². The first-order valence-corrected chi connectivity index (χ1v) is 9.81. The molecule has 0 atom stereocenters. The molecule has 1 heterocycles. The van der Waals surface area contributed by atoms with Gasteiger partial charge in [0.15, 0.2) is 0 Å². The maximum atomic E-state index is 12.7. The van der Waals surface area contributed by atoms with Gasteiger partial charge in [-0.1, -0.05) is 29.8 Å². The third-order valence-electron chi connectivity index (χ3n) is 4.29. The van der Waals surface area contributed by atoms with Crippen molar-refractivity contribution in [2.45, 2.75) is 17.7 Å². The Morgan fingerprint density at radius 3 is 2.56 bits per heavy atom. The van der Waals surface area contributed by atoms with Crippen LogP contribution < -0.4 is 4.90 Å². The lowest BCUT2D eigenvalue weighted by Gasteiger charge is -2.30. The number of carbonyl (C=O) groups is 1. The number of amides is 1. The molecule has 0 bridgehead atoms. The number of para-hydroxylation sites is 1. The number of sulfonamides is 1. The number of hydrogen-bond acceptors (Lipinski definition) is 3. The third-order valence-corrected chi connectivity index (χ3v) is 6.36. The number of likely N-dealkylation sites (N-methyl/N-ethyl adjacent to an activating group) is 1. The van der Waals surface area contributed by atoms with E-state index in [1.165, 1.54) is 31.3 Å². The van der Waals surface area contributed by atoms with Crippen LogP contribution in [0.15, 0.2) is 53.4 Å². The van der Waals surface area contributed by atoms with Crippen molar-refractivity contribution in [3.63, 3.8) is 0 Å². The number of nitrogens with zero attached hydrogens (tertiary/aromatic N) is 2. The molecule has 3 rings (SSSR count). The molecule has 0 unspecified atom stereocenters. The highest BCUT2D eigenvalue weighted by molar-refractivity contribution is 7.89. The summed E-state index contributed by atoms with van der Waals surface area (Å²) in [6, 6.07) is 13.7. The molecule has 1 aliphatic heterocycles. The van der Waals surface area contributed by atoms with E-state index in [-0.39, 0.29) is 17.3 Å². The van der Waals surface area contributed by atoms with Crippen molar-refractivity contribution in [3.8, 4) is 0 Å². The summed E-state index contributed by atoms with van der Waals surface area (Å²) in [5.41, 5.74) is 1.99. The molecule has 1 amide bonds. The van der Waals surface area contributed by atoms with Crippen molar-refractivity contribution in [2.24, 2.45) is 0 Å². The average Bonchev–Trinajstić information content (AvgIpc) is 2.61. The molecule has 0 aliphatic carbocycles. The van der Waals surface area contributed by atoms with Crippen LogP contribution in [0, 0.1) is 0 Å². The Kier molecular flexibility index (Phi) is 5.13. The van der Waals surface area contributed by atoms with Crippen LogP contribution in [-0.2, 0) is 21.2 Å². The number of hydrogen-bond donors (Lipinski definition) is 0. The number of halogens is 1. The molecular weight excluding hydrogens is 360 g/mol. The SMILES string of the molecule is CN(CC(=O)N1CCCc2ccccc21)S(=O)(=O)c1ccc(Cl)cc1. The Bertz CT molecular complexity index is 881. The fourth-order valence-electron chi connectivity index (χ4n) is 2.94. The van der Waals surface area contributed by atoms with Gasteiger partial charge in [0.2, 0.25) is 15.9 Å².